The highest BCUT2D eigenvalue weighted by molar-refractivity contribution is 5.75. The predicted molar refractivity (Wildman–Crippen MR) is 64.3 cm³/mol. The Morgan fingerprint density at radius 3 is 2.93 bits per heavy atom. The molecule has 1 saturated carbocycles. The third-order valence-electron chi connectivity index (χ3n) is 3.62. The zero-order chi connectivity index (χ0) is 10.5. The molecule has 1 aliphatic carbocycles. The first-order valence-corrected chi connectivity index (χ1v) is 5.53. The van der Waals surface area contributed by atoms with Crippen molar-refractivity contribution in [2.24, 2.45) is 5.41 Å². The Balaban J connectivity index is 1.99. The highest BCUT2D eigenvalue weighted by Crippen LogP contribution is 2.49. The maximum absolute atomic E-state index is 5.80. The summed E-state index contributed by atoms with van der Waals surface area (Å²) in [4.78, 5) is 2.35. The molecule has 3 rings (SSSR count). The van der Waals surface area contributed by atoms with Crippen LogP contribution in [0.15, 0.2) is 18.2 Å². The summed E-state index contributed by atoms with van der Waals surface area (Å²) in [5.74, 6) is 0. The zero-order valence-electron chi connectivity index (χ0n) is 9.09. The van der Waals surface area contributed by atoms with E-state index in [9.17, 15) is 0 Å². The maximum atomic E-state index is 5.80. The third-order valence-corrected chi connectivity index (χ3v) is 3.62. The number of rotatable bonds is 0. The average molecular weight is 203 g/mol. The third kappa shape index (κ3) is 1.42. The molecule has 0 aromatic heterocycles. The molecule has 3 nitrogen and oxygen atoms in total. The quantitative estimate of drug-likeness (QED) is 0.633. The molecule has 0 amide bonds. The lowest BCUT2D eigenvalue weighted by molar-refractivity contribution is 0.548. The highest BCUT2D eigenvalue weighted by Gasteiger charge is 2.44. The van der Waals surface area contributed by atoms with Crippen molar-refractivity contribution in [2.75, 3.05) is 36.1 Å². The van der Waals surface area contributed by atoms with Crippen molar-refractivity contribution in [3.8, 4) is 0 Å². The molecule has 1 aromatic carbocycles. The summed E-state index contributed by atoms with van der Waals surface area (Å²) < 4.78 is 0. The molecule has 2 aliphatic rings. The second-order valence-electron chi connectivity index (χ2n) is 4.99. The molecule has 0 atom stereocenters. The van der Waals surface area contributed by atoms with Gasteiger partial charge in [0.25, 0.3) is 0 Å². The van der Waals surface area contributed by atoms with Gasteiger partial charge in [-0.1, -0.05) is 0 Å². The fourth-order valence-corrected chi connectivity index (χ4v) is 2.47. The van der Waals surface area contributed by atoms with Crippen LogP contribution in [0, 0.1) is 5.41 Å². The molecule has 80 valence electrons. The smallest absolute Gasteiger partial charge is 0.0601 e. The number of hydrogen-bond acceptors (Lipinski definition) is 3. The van der Waals surface area contributed by atoms with Gasteiger partial charge in [0.05, 0.1) is 11.4 Å². The van der Waals surface area contributed by atoms with Gasteiger partial charge in [0.2, 0.25) is 0 Å². The van der Waals surface area contributed by atoms with Gasteiger partial charge in [-0.05, 0) is 31.0 Å². The van der Waals surface area contributed by atoms with Crippen molar-refractivity contribution in [2.45, 2.75) is 12.8 Å². The number of nitrogens with one attached hydrogen (secondary N) is 1. The van der Waals surface area contributed by atoms with Crippen LogP contribution in [-0.4, -0.2) is 20.1 Å². The Kier molecular flexibility index (Phi) is 1.67. The summed E-state index contributed by atoms with van der Waals surface area (Å²) in [7, 11) is 2.17. The molecule has 1 spiro atoms. The van der Waals surface area contributed by atoms with Crippen LogP contribution in [-0.2, 0) is 0 Å². The SMILES string of the molecule is CN1CC2(CC2)CNc2cc(N)ccc21. The lowest BCUT2D eigenvalue weighted by Crippen LogP contribution is -2.27. The van der Waals surface area contributed by atoms with Crippen molar-refractivity contribution in [1.29, 1.82) is 0 Å². The van der Waals surface area contributed by atoms with Crippen molar-refractivity contribution >= 4 is 17.1 Å². The van der Waals surface area contributed by atoms with Gasteiger partial charge in [-0.15, -0.1) is 0 Å². The van der Waals surface area contributed by atoms with Crippen LogP contribution in [0.2, 0.25) is 0 Å². The molecule has 0 unspecified atom stereocenters. The first-order valence-electron chi connectivity index (χ1n) is 5.53. The molecule has 1 aromatic rings. The molecule has 15 heavy (non-hydrogen) atoms. The minimum atomic E-state index is 0.530. The van der Waals surface area contributed by atoms with Gasteiger partial charge < -0.3 is 16.0 Å². The monoisotopic (exact) mass is 203 g/mol. The Morgan fingerprint density at radius 2 is 2.20 bits per heavy atom. The van der Waals surface area contributed by atoms with Gasteiger partial charge in [0.15, 0.2) is 0 Å². The van der Waals surface area contributed by atoms with Gasteiger partial charge in [0, 0.05) is 31.2 Å². The van der Waals surface area contributed by atoms with Gasteiger partial charge in [-0.25, -0.2) is 0 Å². The molecular formula is C12H17N3. The van der Waals surface area contributed by atoms with Crippen molar-refractivity contribution in [3.05, 3.63) is 18.2 Å². The number of nitrogens with zero attached hydrogens (tertiary/aromatic N) is 1. The number of fused-ring (bicyclic) bond motifs is 1. The van der Waals surface area contributed by atoms with Crippen LogP contribution in [0.3, 0.4) is 0 Å². The summed E-state index contributed by atoms with van der Waals surface area (Å²) in [6.07, 6.45) is 2.71. The number of anilines is 3. The van der Waals surface area contributed by atoms with E-state index in [4.69, 9.17) is 5.73 Å². The van der Waals surface area contributed by atoms with Gasteiger partial charge in [-0.2, -0.15) is 0 Å². The van der Waals surface area contributed by atoms with E-state index >= 15 is 0 Å². The molecule has 1 aliphatic heterocycles. The molecule has 0 bridgehead atoms. The summed E-state index contributed by atoms with van der Waals surface area (Å²) in [6, 6.07) is 6.12. The summed E-state index contributed by atoms with van der Waals surface area (Å²) in [5, 5.41) is 3.53. The van der Waals surface area contributed by atoms with E-state index < -0.39 is 0 Å². The van der Waals surface area contributed by atoms with Crippen molar-refractivity contribution in [3.63, 3.8) is 0 Å². The first kappa shape index (κ1) is 8.89. The number of hydrogen-bond donors (Lipinski definition) is 2. The predicted octanol–water partition coefficient (Wildman–Crippen LogP) is 1.91. The van der Waals surface area contributed by atoms with Gasteiger partial charge >= 0.3 is 0 Å². The maximum Gasteiger partial charge on any atom is 0.0601 e. The fourth-order valence-electron chi connectivity index (χ4n) is 2.47. The van der Waals surface area contributed by atoms with Crippen LogP contribution in [0.5, 0.6) is 0 Å². The Labute approximate surface area is 90.3 Å². The lowest BCUT2D eigenvalue weighted by Gasteiger charge is -2.21. The summed E-state index contributed by atoms with van der Waals surface area (Å²) >= 11 is 0. The van der Waals surface area contributed by atoms with Crippen molar-refractivity contribution < 1.29 is 0 Å². The molecule has 1 fully saturated rings. The Hall–Kier alpha value is -1.38. The highest BCUT2D eigenvalue weighted by atomic mass is 15.2. The zero-order valence-corrected chi connectivity index (χ0v) is 9.09. The van der Waals surface area contributed by atoms with E-state index in [0.717, 1.165) is 18.8 Å². The largest absolute Gasteiger partial charge is 0.399 e. The molecule has 1 heterocycles. The molecule has 0 saturated heterocycles. The van der Waals surface area contributed by atoms with Crippen LogP contribution < -0.4 is 16.0 Å². The van der Waals surface area contributed by atoms with Crippen LogP contribution in [0.4, 0.5) is 17.1 Å². The molecule has 3 heteroatoms. The number of benzene rings is 1. The van der Waals surface area contributed by atoms with E-state index in [1.165, 1.54) is 24.2 Å². The van der Waals surface area contributed by atoms with Crippen LogP contribution in [0.1, 0.15) is 12.8 Å². The van der Waals surface area contributed by atoms with Crippen LogP contribution >= 0.6 is 0 Å². The number of nitrogen functional groups attached to an aromatic ring is 1. The topological polar surface area (TPSA) is 41.3 Å². The van der Waals surface area contributed by atoms with Crippen molar-refractivity contribution in [1.82, 2.24) is 0 Å². The van der Waals surface area contributed by atoms with E-state index in [1.807, 2.05) is 12.1 Å². The standard InChI is InChI=1S/C12H17N3/c1-15-8-12(4-5-12)7-14-10-6-9(13)2-3-11(10)15/h2-3,6,14H,4-5,7-8,13H2,1H3. The Morgan fingerprint density at radius 1 is 1.40 bits per heavy atom. The minimum Gasteiger partial charge on any atom is -0.399 e. The van der Waals surface area contributed by atoms with E-state index in [-0.39, 0.29) is 0 Å². The normalized spacial score (nSPS) is 21.8. The van der Waals surface area contributed by atoms with Crippen LogP contribution in [0.25, 0.3) is 0 Å². The van der Waals surface area contributed by atoms with Gasteiger partial charge in [-0.3, -0.25) is 0 Å². The molecular weight excluding hydrogens is 186 g/mol. The average Bonchev–Trinajstić information content (AvgIpc) is 2.96. The second kappa shape index (κ2) is 2.81. The molecule has 0 radical (unpaired) electrons. The fraction of sp³-hybridized carbons (Fsp3) is 0.500. The van der Waals surface area contributed by atoms with Gasteiger partial charge in [0.1, 0.15) is 0 Å². The first-order chi connectivity index (χ1) is 7.19. The summed E-state index contributed by atoms with van der Waals surface area (Å²) in [5.41, 5.74) is 9.62. The molecule has 3 N–H and O–H groups in total. The van der Waals surface area contributed by atoms with E-state index in [2.05, 4.69) is 23.3 Å². The van der Waals surface area contributed by atoms with E-state index in [1.54, 1.807) is 0 Å². The van der Waals surface area contributed by atoms with E-state index in [0.29, 0.717) is 5.41 Å². The second-order valence-corrected chi connectivity index (χ2v) is 4.99. The summed E-state index contributed by atoms with van der Waals surface area (Å²) in [6.45, 7) is 2.25. The minimum absolute atomic E-state index is 0.530. The number of nitrogens with two attached hydrogens (primary N) is 1. The lowest BCUT2D eigenvalue weighted by atomic mass is 10.1. The Bertz CT molecular complexity index is 396.